The first-order chi connectivity index (χ1) is 11.5. The van der Waals surface area contributed by atoms with E-state index in [2.05, 4.69) is 15.4 Å². The number of rotatable bonds is 3. The van der Waals surface area contributed by atoms with Gasteiger partial charge in [-0.25, -0.2) is 9.67 Å². The molecule has 1 saturated carbocycles. The molecule has 0 spiro atoms. The maximum Gasteiger partial charge on any atom is 0.271 e. The van der Waals surface area contributed by atoms with E-state index in [-0.39, 0.29) is 22.7 Å². The van der Waals surface area contributed by atoms with Crippen LogP contribution in [0, 0.1) is 13.8 Å². The molecule has 0 aliphatic heterocycles. The zero-order valence-corrected chi connectivity index (χ0v) is 14.5. The predicted molar refractivity (Wildman–Crippen MR) is 91.6 cm³/mol. The van der Waals surface area contributed by atoms with Crippen molar-refractivity contribution in [1.29, 1.82) is 0 Å². The first-order valence-electron chi connectivity index (χ1n) is 8.15. The summed E-state index contributed by atoms with van der Waals surface area (Å²) in [5.41, 5.74) is 1.96. The monoisotopic (exact) mass is 348 g/mol. The SMILES string of the molecule is Cc1cc(C)n(-c2ccc(Cl)c(C(=O)NC3CCCCC3O)n2)n1. The summed E-state index contributed by atoms with van der Waals surface area (Å²) in [6.45, 7) is 3.83. The van der Waals surface area contributed by atoms with Gasteiger partial charge in [0.05, 0.1) is 22.9 Å². The van der Waals surface area contributed by atoms with Crippen molar-refractivity contribution < 1.29 is 9.90 Å². The quantitative estimate of drug-likeness (QED) is 0.893. The number of aliphatic hydroxyl groups is 1. The normalized spacial score (nSPS) is 20.8. The van der Waals surface area contributed by atoms with Crippen LogP contribution in [0.15, 0.2) is 18.2 Å². The van der Waals surface area contributed by atoms with Crippen molar-refractivity contribution in [2.75, 3.05) is 0 Å². The molecule has 1 aliphatic rings. The van der Waals surface area contributed by atoms with E-state index in [0.717, 1.165) is 30.7 Å². The molecule has 24 heavy (non-hydrogen) atoms. The molecule has 1 aliphatic carbocycles. The van der Waals surface area contributed by atoms with Gasteiger partial charge in [-0.15, -0.1) is 0 Å². The van der Waals surface area contributed by atoms with Crippen LogP contribution >= 0.6 is 11.6 Å². The highest BCUT2D eigenvalue weighted by Crippen LogP contribution is 2.21. The molecule has 0 bridgehead atoms. The Morgan fingerprint density at radius 2 is 2.08 bits per heavy atom. The van der Waals surface area contributed by atoms with Crippen molar-refractivity contribution in [3.63, 3.8) is 0 Å². The molecule has 0 aromatic carbocycles. The van der Waals surface area contributed by atoms with E-state index in [4.69, 9.17) is 11.6 Å². The number of hydrogen-bond donors (Lipinski definition) is 2. The molecule has 0 saturated heterocycles. The van der Waals surface area contributed by atoms with Gasteiger partial charge in [0.25, 0.3) is 5.91 Å². The van der Waals surface area contributed by atoms with Gasteiger partial charge in [0.2, 0.25) is 0 Å². The van der Waals surface area contributed by atoms with Crippen molar-refractivity contribution >= 4 is 17.5 Å². The van der Waals surface area contributed by atoms with Gasteiger partial charge in [0.15, 0.2) is 5.82 Å². The smallest absolute Gasteiger partial charge is 0.271 e. The summed E-state index contributed by atoms with van der Waals surface area (Å²) in [7, 11) is 0. The van der Waals surface area contributed by atoms with Crippen LogP contribution in [0.25, 0.3) is 5.82 Å². The minimum absolute atomic E-state index is 0.152. The molecule has 2 N–H and O–H groups in total. The second kappa shape index (κ2) is 6.91. The molecule has 7 heteroatoms. The number of pyridine rings is 1. The van der Waals surface area contributed by atoms with Crippen molar-refractivity contribution in [1.82, 2.24) is 20.1 Å². The zero-order valence-electron chi connectivity index (χ0n) is 13.8. The third-order valence-corrected chi connectivity index (χ3v) is 4.62. The van der Waals surface area contributed by atoms with Gasteiger partial charge >= 0.3 is 0 Å². The Bertz CT molecular complexity index is 759. The lowest BCUT2D eigenvalue weighted by Crippen LogP contribution is -2.45. The third kappa shape index (κ3) is 3.44. The summed E-state index contributed by atoms with van der Waals surface area (Å²) in [6.07, 6.45) is 2.94. The van der Waals surface area contributed by atoms with E-state index in [1.54, 1.807) is 16.8 Å². The molecule has 3 rings (SSSR count). The lowest BCUT2D eigenvalue weighted by molar-refractivity contribution is 0.0714. The van der Waals surface area contributed by atoms with Crippen LogP contribution in [0.2, 0.25) is 5.02 Å². The van der Waals surface area contributed by atoms with Gasteiger partial charge in [-0.3, -0.25) is 4.79 Å². The highest BCUT2D eigenvalue weighted by molar-refractivity contribution is 6.33. The number of nitrogens with zero attached hydrogens (tertiary/aromatic N) is 3. The largest absolute Gasteiger partial charge is 0.391 e. The van der Waals surface area contributed by atoms with E-state index < -0.39 is 6.10 Å². The van der Waals surface area contributed by atoms with E-state index >= 15 is 0 Å². The molecule has 2 aromatic heterocycles. The van der Waals surface area contributed by atoms with Crippen molar-refractivity contribution in [2.45, 2.75) is 51.7 Å². The molecule has 0 radical (unpaired) electrons. The predicted octanol–water partition coefficient (Wildman–Crippen LogP) is 2.57. The number of carbonyl (C=O) groups is 1. The van der Waals surface area contributed by atoms with E-state index in [9.17, 15) is 9.90 Å². The first kappa shape index (κ1) is 16.9. The highest BCUT2D eigenvalue weighted by atomic mass is 35.5. The van der Waals surface area contributed by atoms with Crippen LogP contribution in [-0.2, 0) is 0 Å². The number of nitrogens with one attached hydrogen (secondary N) is 1. The van der Waals surface area contributed by atoms with Crippen LogP contribution in [0.4, 0.5) is 0 Å². The van der Waals surface area contributed by atoms with Gasteiger partial charge in [-0.1, -0.05) is 24.4 Å². The number of amides is 1. The zero-order chi connectivity index (χ0) is 17.3. The fourth-order valence-electron chi connectivity index (χ4n) is 3.09. The summed E-state index contributed by atoms with van der Waals surface area (Å²) >= 11 is 6.16. The Hall–Kier alpha value is -1.92. The van der Waals surface area contributed by atoms with Gasteiger partial charge in [0, 0.05) is 5.69 Å². The fourth-order valence-corrected chi connectivity index (χ4v) is 3.28. The second-order valence-corrected chi connectivity index (χ2v) is 6.68. The first-order valence-corrected chi connectivity index (χ1v) is 8.52. The van der Waals surface area contributed by atoms with Crippen LogP contribution in [0.1, 0.15) is 47.6 Å². The van der Waals surface area contributed by atoms with Crippen LogP contribution < -0.4 is 5.32 Å². The Morgan fingerprint density at radius 1 is 1.33 bits per heavy atom. The molecule has 1 amide bonds. The van der Waals surface area contributed by atoms with Gasteiger partial charge in [0.1, 0.15) is 5.69 Å². The molecule has 2 atom stereocenters. The van der Waals surface area contributed by atoms with E-state index in [0.29, 0.717) is 12.2 Å². The lowest BCUT2D eigenvalue weighted by Gasteiger charge is -2.28. The number of carbonyl (C=O) groups excluding carboxylic acids is 1. The van der Waals surface area contributed by atoms with Crippen molar-refractivity contribution in [2.24, 2.45) is 0 Å². The van der Waals surface area contributed by atoms with Crippen LogP contribution in [0.3, 0.4) is 0 Å². The summed E-state index contributed by atoms with van der Waals surface area (Å²) in [5, 5.41) is 17.5. The minimum Gasteiger partial charge on any atom is -0.391 e. The standard InChI is InChI=1S/C17H21ClN4O2/c1-10-9-11(2)22(21-10)15-8-7-12(18)16(20-15)17(24)19-13-5-3-4-6-14(13)23/h7-9,13-14,23H,3-6H2,1-2H3,(H,19,24). The van der Waals surface area contributed by atoms with Gasteiger partial charge in [-0.2, -0.15) is 5.10 Å². The summed E-state index contributed by atoms with van der Waals surface area (Å²) in [6, 6.07) is 5.07. The highest BCUT2D eigenvalue weighted by Gasteiger charge is 2.26. The molecule has 6 nitrogen and oxygen atoms in total. The van der Waals surface area contributed by atoms with Crippen molar-refractivity contribution in [3.8, 4) is 5.82 Å². The van der Waals surface area contributed by atoms with Crippen LogP contribution in [0.5, 0.6) is 0 Å². The molecular formula is C17H21ClN4O2. The lowest BCUT2D eigenvalue weighted by atomic mass is 9.92. The molecule has 2 aromatic rings. The van der Waals surface area contributed by atoms with Crippen molar-refractivity contribution in [3.05, 3.63) is 40.3 Å². The topological polar surface area (TPSA) is 80.0 Å². The average Bonchev–Trinajstić information content (AvgIpc) is 2.88. The molecule has 1 fully saturated rings. The Labute approximate surface area is 145 Å². The molecular weight excluding hydrogens is 328 g/mol. The second-order valence-electron chi connectivity index (χ2n) is 6.27. The maximum atomic E-state index is 12.6. The van der Waals surface area contributed by atoms with E-state index in [1.165, 1.54) is 0 Å². The number of aliphatic hydroxyl groups excluding tert-OH is 1. The number of aryl methyl sites for hydroxylation is 2. The molecule has 2 heterocycles. The minimum atomic E-state index is -0.513. The Morgan fingerprint density at radius 3 is 2.75 bits per heavy atom. The van der Waals surface area contributed by atoms with Crippen LogP contribution in [-0.4, -0.2) is 37.9 Å². The number of halogens is 1. The summed E-state index contributed by atoms with van der Waals surface area (Å²) < 4.78 is 1.68. The van der Waals surface area contributed by atoms with Gasteiger partial charge < -0.3 is 10.4 Å². The van der Waals surface area contributed by atoms with E-state index in [1.807, 2.05) is 19.9 Å². The summed E-state index contributed by atoms with van der Waals surface area (Å²) in [5.74, 6) is 0.175. The Balaban J connectivity index is 1.86. The number of hydrogen-bond acceptors (Lipinski definition) is 4. The summed E-state index contributed by atoms with van der Waals surface area (Å²) in [4.78, 5) is 16.9. The molecule has 128 valence electrons. The average molecular weight is 349 g/mol. The number of aromatic nitrogens is 3. The Kier molecular flexibility index (Phi) is 4.87. The molecule has 2 unspecified atom stereocenters. The third-order valence-electron chi connectivity index (χ3n) is 4.32. The fraction of sp³-hybridized carbons (Fsp3) is 0.471. The maximum absolute atomic E-state index is 12.6. The van der Waals surface area contributed by atoms with Gasteiger partial charge in [-0.05, 0) is 44.9 Å².